The van der Waals surface area contributed by atoms with Crippen molar-refractivity contribution in [3.63, 3.8) is 0 Å². The number of amides is 1. The molecule has 3 heteroatoms. The Labute approximate surface area is 107 Å². The lowest BCUT2D eigenvalue weighted by Gasteiger charge is -2.09. The van der Waals surface area contributed by atoms with Crippen molar-refractivity contribution in [3.8, 4) is 0 Å². The minimum Gasteiger partial charge on any atom is -0.320 e. The minimum atomic E-state index is -0.167. The summed E-state index contributed by atoms with van der Waals surface area (Å²) in [7, 11) is 0. The van der Waals surface area contributed by atoms with Gasteiger partial charge in [-0.3, -0.25) is 9.78 Å². The van der Waals surface area contributed by atoms with Gasteiger partial charge in [-0.15, -0.1) is 0 Å². The average molecular weight is 240 g/mol. The first-order valence-corrected chi connectivity index (χ1v) is 6.11. The molecule has 0 saturated carbocycles. The SMILES string of the molecule is CCCc1ccccc1NC(=O)c1ccccn1. The van der Waals surface area contributed by atoms with E-state index in [1.54, 1.807) is 24.4 Å². The van der Waals surface area contributed by atoms with Gasteiger partial charge in [0.25, 0.3) is 5.91 Å². The second-order valence-electron chi connectivity index (χ2n) is 4.08. The number of benzene rings is 1. The standard InChI is InChI=1S/C15H16N2O/c1-2-7-12-8-3-4-9-13(12)17-15(18)14-10-5-6-11-16-14/h3-6,8-11H,2,7H2,1H3,(H,17,18). The lowest BCUT2D eigenvalue weighted by Crippen LogP contribution is -2.14. The van der Waals surface area contributed by atoms with Crippen LogP contribution in [0.4, 0.5) is 5.69 Å². The molecular formula is C15H16N2O. The molecule has 1 heterocycles. The van der Waals surface area contributed by atoms with E-state index < -0.39 is 0 Å². The highest BCUT2D eigenvalue weighted by molar-refractivity contribution is 6.03. The Morgan fingerprint density at radius 2 is 1.94 bits per heavy atom. The molecule has 0 saturated heterocycles. The van der Waals surface area contributed by atoms with Crippen molar-refractivity contribution < 1.29 is 4.79 Å². The largest absolute Gasteiger partial charge is 0.320 e. The number of para-hydroxylation sites is 1. The molecule has 0 aliphatic rings. The summed E-state index contributed by atoms with van der Waals surface area (Å²) in [5.74, 6) is -0.167. The molecule has 0 radical (unpaired) electrons. The van der Waals surface area contributed by atoms with E-state index in [9.17, 15) is 4.79 Å². The first kappa shape index (κ1) is 12.3. The van der Waals surface area contributed by atoms with Crippen LogP contribution in [0, 0.1) is 0 Å². The number of aromatic nitrogens is 1. The fraction of sp³-hybridized carbons (Fsp3) is 0.200. The van der Waals surface area contributed by atoms with Gasteiger partial charge in [-0.05, 0) is 30.2 Å². The molecule has 1 N–H and O–H groups in total. The van der Waals surface area contributed by atoms with Crippen LogP contribution in [-0.2, 0) is 6.42 Å². The molecule has 0 fully saturated rings. The van der Waals surface area contributed by atoms with Crippen LogP contribution in [0.1, 0.15) is 29.4 Å². The lowest BCUT2D eigenvalue weighted by molar-refractivity contribution is 0.102. The van der Waals surface area contributed by atoms with E-state index in [1.807, 2.05) is 24.3 Å². The van der Waals surface area contributed by atoms with Gasteiger partial charge in [0, 0.05) is 11.9 Å². The number of nitrogens with one attached hydrogen (secondary N) is 1. The van der Waals surface area contributed by atoms with E-state index in [1.165, 1.54) is 0 Å². The molecule has 0 bridgehead atoms. The van der Waals surface area contributed by atoms with E-state index in [0.717, 1.165) is 24.1 Å². The molecular weight excluding hydrogens is 224 g/mol. The van der Waals surface area contributed by atoms with Gasteiger partial charge in [0.2, 0.25) is 0 Å². The third kappa shape index (κ3) is 2.94. The maximum absolute atomic E-state index is 12.0. The normalized spacial score (nSPS) is 10.1. The minimum absolute atomic E-state index is 0.167. The van der Waals surface area contributed by atoms with Gasteiger partial charge in [0.1, 0.15) is 5.69 Å². The molecule has 0 unspecified atom stereocenters. The summed E-state index contributed by atoms with van der Waals surface area (Å²) in [6.07, 6.45) is 3.63. The fourth-order valence-electron chi connectivity index (χ4n) is 1.81. The maximum Gasteiger partial charge on any atom is 0.274 e. The molecule has 0 aliphatic carbocycles. The summed E-state index contributed by atoms with van der Waals surface area (Å²) in [6, 6.07) is 13.2. The second kappa shape index (κ2) is 5.96. The van der Waals surface area contributed by atoms with Crippen LogP contribution in [0.3, 0.4) is 0 Å². The highest BCUT2D eigenvalue weighted by Gasteiger charge is 2.08. The zero-order valence-electron chi connectivity index (χ0n) is 10.4. The molecule has 1 aromatic carbocycles. The Kier molecular flexibility index (Phi) is 4.07. The molecule has 3 nitrogen and oxygen atoms in total. The van der Waals surface area contributed by atoms with Gasteiger partial charge in [-0.25, -0.2) is 0 Å². The maximum atomic E-state index is 12.0. The Bertz CT molecular complexity index is 523. The molecule has 0 atom stereocenters. The fourth-order valence-corrected chi connectivity index (χ4v) is 1.81. The molecule has 1 aromatic heterocycles. The highest BCUT2D eigenvalue weighted by atomic mass is 16.1. The van der Waals surface area contributed by atoms with E-state index in [4.69, 9.17) is 0 Å². The van der Waals surface area contributed by atoms with Gasteiger partial charge < -0.3 is 5.32 Å². The van der Waals surface area contributed by atoms with Crippen LogP contribution < -0.4 is 5.32 Å². The van der Waals surface area contributed by atoms with Crippen molar-refractivity contribution in [3.05, 3.63) is 59.9 Å². The Hall–Kier alpha value is -2.16. The number of hydrogen-bond acceptors (Lipinski definition) is 2. The molecule has 0 spiro atoms. The van der Waals surface area contributed by atoms with Crippen molar-refractivity contribution in [2.24, 2.45) is 0 Å². The van der Waals surface area contributed by atoms with Gasteiger partial charge in [0.15, 0.2) is 0 Å². The zero-order valence-corrected chi connectivity index (χ0v) is 10.4. The summed E-state index contributed by atoms with van der Waals surface area (Å²) < 4.78 is 0. The second-order valence-corrected chi connectivity index (χ2v) is 4.08. The Balaban J connectivity index is 2.17. The summed E-state index contributed by atoms with van der Waals surface area (Å²) in [5.41, 5.74) is 2.46. The molecule has 92 valence electrons. The number of anilines is 1. The predicted molar refractivity (Wildman–Crippen MR) is 72.6 cm³/mol. The number of aryl methyl sites for hydroxylation is 1. The summed E-state index contributed by atoms with van der Waals surface area (Å²) in [6.45, 7) is 2.12. The molecule has 0 aliphatic heterocycles. The summed E-state index contributed by atoms with van der Waals surface area (Å²) in [5, 5.41) is 2.91. The smallest absolute Gasteiger partial charge is 0.274 e. The van der Waals surface area contributed by atoms with Crippen LogP contribution in [0.5, 0.6) is 0 Å². The van der Waals surface area contributed by atoms with Gasteiger partial charge in [0.05, 0.1) is 0 Å². The zero-order chi connectivity index (χ0) is 12.8. The highest BCUT2D eigenvalue weighted by Crippen LogP contribution is 2.17. The van der Waals surface area contributed by atoms with Crippen LogP contribution in [0.2, 0.25) is 0 Å². The van der Waals surface area contributed by atoms with Crippen LogP contribution in [0.25, 0.3) is 0 Å². The lowest BCUT2D eigenvalue weighted by atomic mass is 10.1. The number of carbonyl (C=O) groups is 1. The molecule has 1 amide bonds. The van der Waals surface area contributed by atoms with Crippen LogP contribution >= 0.6 is 0 Å². The van der Waals surface area contributed by atoms with Crippen molar-refractivity contribution in [2.75, 3.05) is 5.32 Å². The third-order valence-corrected chi connectivity index (χ3v) is 2.68. The number of pyridine rings is 1. The monoisotopic (exact) mass is 240 g/mol. The Morgan fingerprint density at radius 3 is 2.67 bits per heavy atom. The first-order valence-electron chi connectivity index (χ1n) is 6.11. The van der Waals surface area contributed by atoms with Crippen LogP contribution in [0.15, 0.2) is 48.7 Å². The number of hydrogen-bond donors (Lipinski definition) is 1. The number of carbonyl (C=O) groups excluding carboxylic acids is 1. The molecule has 2 rings (SSSR count). The van der Waals surface area contributed by atoms with Gasteiger partial charge in [-0.2, -0.15) is 0 Å². The third-order valence-electron chi connectivity index (χ3n) is 2.68. The van der Waals surface area contributed by atoms with E-state index in [0.29, 0.717) is 5.69 Å². The summed E-state index contributed by atoms with van der Waals surface area (Å²) in [4.78, 5) is 16.0. The number of nitrogens with zero attached hydrogens (tertiary/aromatic N) is 1. The van der Waals surface area contributed by atoms with Gasteiger partial charge >= 0.3 is 0 Å². The van der Waals surface area contributed by atoms with Crippen LogP contribution in [-0.4, -0.2) is 10.9 Å². The summed E-state index contributed by atoms with van der Waals surface area (Å²) >= 11 is 0. The molecule has 2 aromatic rings. The number of rotatable bonds is 4. The van der Waals surface area contributed by atoms with Crippen molar-refractivity contribution in [1.82, 2.24) is 4.98 Å². The quantitative estimate of drug-likeness (QED) is 0.891. The van der Waals surface area contributed by atoms with Crippen molar-refractivity contribution in [2.45, 2.75) is 19.8 Å². The van der Waals surface area contributed by atoms with E-state index in [2.05, 4.69) is 17.2 Å². The van der Waals surface area contributed by atoms with Gasteiger partial charge in [-0.1, -0.05) is 37.6 Å². The topological polar surface area (TPSA) is 42.0 Å². The first-order chi connectivity index (χ1) is 8.81. The average Bonchev–Trinajstić information content (AvgIpc) is 2.42. The van der Waals surface area contributed by atoms with Crippen molar-refractivity contribution in [1.29, 1.82) is 0 Å². The predicted octanol–water partition coefficient (Wildman–Crippen LogP) is 3.29. The van der Waals surface area contributed by atoms with Crippen molar-refractivity contribution >= 4 is 11.6 Å². The Morgan fingerprint density at radius 1 is 1.17 bits per heavy atom. The van der Waals surface area contributed by atoms with E-state index in [-0.39, 0.29) is 5.91 Å². The molecule has 18 heavy (non-hydrogen) atoms. The van der Waals surface area contributed by atoms with E-state index >= 15 is 0 Å².